The number of H-pyrrole nitrogens is 1. The minimum absolute atomic E-state index is 0.169. The molecule has 1 aliphatic carbocycles. The van der Waals surface area contributed by atoms with E-state index in [1.54, 1.807) is 42.9 Å². The van der Waals surface area contributed by atoms with Crippen molar-refractivity contribution < 1.29 is 19.1 Å². The molecule has 6 rings (SSSR count). The number of fused-ring (bicyclic) bond motifs is 3. The number of aromatic amines is 1. The van der Waals surface area contributed by atoms with E-state index in [0.29, 0.717) is 58.3 Å². The maximum atomic E-state index is 13.6. The Kier molecular flexibility index (Phi) is 6.92. The number of nitrogens with one attached hydrogen (secondary N) is 5. The van der Waals surface area contributed by atoms with Gasteiger partial charge in [0.15, 0.2) is 5.78 Å². The van der Waals surface area contributed by atoms with Gasteiger partial charge in [-0.1, -0.05) is 12.1 Å². The number of hydrogen-bond acceptors (Lipinski definition) is 8. The third-order valence-corrected chi connectivity index (χ3v) is 7.62. The van der Waals surface area contributed by atoms with E-state index in [9.17, 15) is 14.4 Å². The number of morpholine rings is 1. The first-order valence-electron chi connectivity index (χ1n) is 12.6. The Balaban J connectivity index is 1.14. The summed E-state index contributed by atoms with van der Waals surface area (Å²) >= 11 is 1.29. The molecular formula is C26H26N8O4S. The molecule has 0 saturated carbocycles. The van der Waals surface area contributed by atoms with Crippen molar-refractivity contribution in [1.82, 2.24) is 35.7 Å². The second-order valence-electron chi connectivity index (χ2n) is 9.12. The fourth-order valence-electron chi connectivity index (χ4n) is 4.69. The van der Waals surface area contributed by atoms with E-state index < -0.39 is 12.3 Å². The monoisotopic (exact) mass is 546 g/mol. The summed E-state index contributed by atoms with van der Waals surface area (Å²) < 4.78 is 7.48. The van der Waals surface area contributed by atoms with Crippen molar-refractivity contribution in [1.29, 1.82) is 0 Å². The number of nitrogens with zero attached hydrogens (tertiary/aromatic N) is 3. The molecule has 3 aromatic heterocycles. The molecule has 0 bridgehead atoms. The molecule has 200 valence electrons. The highest BCUT2D eigenvalue weighted by Crippen LogP contribution is 2.44. The van der Waals surface area contributed by atoms with E-state index in [1.807, 2.05) is 10.8 Å². The van der Waals surface area contributed by atoms with E-state index in [0.717, 1.165) is 24.4 Å². The summed E-state index contributed by atoms with van der Waals surface area (Å²) in [7, 11) is 0. The van der Waals surface area contributed by atoms with E-state index in [4.69, 9.17) is 4.74 Å². The first-order valence-corrected chi connectivity index (χ1v) is 13.4. The third kappa shape index (κ3) is 5.06. The van der Waals surface area contributed by atoms with Crippen molar-refractivity contribution in [3.05, 3.63) is 65.1 Å². The predicted molar refractivity (Wildman–Crippen MR) is 145 cm³/mol. The summed E-state index contributed by atoms with van der Waals surface area (Å²) in [5.74, 6) is -0.411. The number of aryl methyl sites for hydroxylation is 1. The number of rotatable bonds is 8. The van der Waals surface area contributed by atoms with Crippen LogP contribution in [0.3, 0.4) is 0 Å². The number of hydrogen-bond donors (Lipinski definition) is 5. The molecule has 2 aliphatic rings. The minimum atomic E-state index is -0.463. The molecule has 13 heteroatoms. The second kappa shape index (κ2) is 10.8. The number of ether oxygens (including phenoxy) is 1. The van der Waals surface area contributed by atoms with Crippen molar-refractivity contribution >= 4 is 34.7 Å². The second-order valence-corrected chi connectivity index (χ2v) is 10.2. The highest BCUT2D eigenvalue weighted by atomic mass is 32.1. The molecule has 4 heterocycles. The normalized spacial score (nSPS) is 16.0. The molecule has 1 atom stereocenters. The quantitative estimate of drug-likeness (QED) is 0.187. The van der Waals surface area contributed by atoms with Gasteiger partial charge in [0.1, 0.15) is 11.9 Å². The molecule has 3 amide bonds. The fourth-order valence-corrected chi connectivity index (χ4v) is 5.61. The van der Waals surface area contributed by atoms with Gasteiger partial charge in [-0.3, -0.25) is 14.7 Å². The number of amides is 3. The lowest BCUT2D eigenvalue weighted by molar-refractivity contribution is 0.0156. The van der Waals surface area contributed by atoms with Crippen LogP contribution in [0, 0.1) is 0 Å². The van der Waals surface area contributed by atoms with Crippen LogP contribution in [-0.4, -0.2) is 69.9 Å². The maximum Gasteiger partial charge on any atom is 0.321 e. The maximum absolute atomic E-state index is 13.6. The van der Waals surface area contributed by atoms with Crippen LogP contribution >= 0.6 is 11.3 Å². The van der Waals surface area contributed by atoms with E-state index in [2.05, 4.69) is 36.4 Å². The van der Waals surface area contributed by atoms with Gasteiger partial charge in [0.05, 0.1) is 45.2 Å². The number of aromatic nitrogens is 4. The molecule has 5 N–H and O–H groups in total. The zero-order valence-corrected chi connectivity index (χ0v) is 21.6. The molecule has 4 aromatic rings. The van der Waals surface area contributed by atoms with Crippen molar-refractivity contribution in [3.8, 4) is 21.8 Å². The van der Waals surface area contributed by atoms with Crippen molar-refractivity contribution in [3.63, 3.8) is 0 Å². The summed E-state index contributed by atoms with van der Waals surface area (Å²) in [6, 6.07) is 8.34. The SMILES string of the molecule is O=C(Nc1cccc2c1C(=O)c1c-2n[nH]c1-c1ccc(C(=O)NCCCn2ccnc2)s1)NC1CNCCO1. The Morgan fingerprint density at radius 1 is 1.21 bits per heavy atom. The molecule has 12 nitrogen and oxygen atoms in total. The van der Waals surface area contributed by atoms with Crippen molar-refractivity contribution in [2.24, 2.45) is 0 Å². The number of ketones is 1. The van der Waals surface area contributed by atoms with Gasteiger partial charge in [0.25, 0.3) is 5.91 Å². The van der Waals surface area contributed by atoms with Gasteiger partial charge in [0.2, 0.25) is 0 Å². The average molecular weight is 547 g/mol. The summed E-state index contributed by atoms with van der Waals surface area (Å²) in [5, 5.41) is 19.0. The van der Waals surface area contributed by atoms with Crippen LogP contribution in [0.4, 0.5) is 10.5 Å². The molecule has 1 aromatic carbocycles. The zero-order chi connectivity index (χ0) is 26.8. The van der Waals surface area contributed by atoms with Crippen LogP contribution in [0.5, 0.6) is 0 Å². The first-order chi connectivity index (χ1) is 19.1. The number of urea groups is 1. The molecule has 1 unspecified atom stereocenters. The van der Waals surface area contributed by atoms with E-state index in [-0.39, 0.29) is 11.7 Å². The molecule has 1 fully saturated rings. The lowest BCUT2D eigenvalue weighted by Crippen LogP contribution is -2.50. The Morgan fingerprint density at radius 3 is 2.95 bits per heavy atom. The number of carbonyl (C=O) groups excluding carboxylic acids is 3. The highest BCUT2D eigenvalue weighted by molar-refractivity contribution is 7.17. The van der Waals surface area contributed by atoms with E-state index in [1.165, 1.54) is 11.3 Å². The van der Waals surface area contributed by atoms with Crippen LogP contribution in [0.1, 0.15) is 32.0 Å². The number of anilines is 1. The molecule has 0 spiro atoms. The van der Waals surface area contributed by atoms with Crippen LogP contribution < -0.4 is 21.3 Å². The highest BCUT2D eigenvalue weighted by Gasteiger charge is 2.35. The summed E-state index contributed by atoms with van der Waals surface area (Å²) in [6.07, 6.45) is 5.68. The van der Waals surface area contributed by atoms with Gasteiger partial charge in [0, 0.05) is 44.1 Å². The van der Waals surface area contributed by atoms with Gasteiger partial charge >= 0.3 is 6.03 Å². The summed E-state index contributed by atoms with van der Waals surface area (Å²) in [6.45, 7) is 3.04. The number of benzene rings is 1. The van der Waals surface area contributed by atoms with Crippen LogP contribution in [0.25, 0.3) is 21.8 Å². The largest absolute Gasteiger partial charge is 0.356 e. The fraction of sp³-hybridized carbons (Fsp3) is 0.269. The third-order valence-electron chi connectivity index (χ3n) is 6.52. The predicted octanol–water partition coefficient (Wildman–Crippen LogP) is 2.43. The number of imidazole rings is 1. The van der Waals surface area contributed by atoms with Gasteiger partial charge in [-0.15, -0.1) is 11.3 Å². The molecule has 1 saturated heterocycles. The lowest BCUT2D eigenvalue weighted by atomic mass is 10.1. The first kappa shape index (κ1) is 25.0. The number of carbonyl (C=O) groups is 3. The molecule has 0 radical (unpaired) electrons. The Morgan fingerprint density at radius 2 is 2.13 bits per heavy atom. The molecule has 39 heavy (non-hydrogen) atoms. The Labute approximate surface area is 227 Å². The summed E-state index contributed by atoms with van der Waals surface area (Å²) in [5.41, 5.74) is 2.91. The smallest absolute Gasteiger partial charge is 0.321 e. The molecule has 1 aliphatic heterocycles. The lowest BCUT2D eigenvalue weighted by Gasteiger charge is -2.24. The Bertz CT molecular complexity index is 1520. The van der Waals surface area contributed by atoms with Crippen LogP contribution in [-0.2, 0) is 11.3 Å². The Hall–Kier alpha value is -4.33. The average Bonchev–Trinajstić information content (AvgIpc) is 3.74. The van der Waals surface area contributed by atoms with E-state index >= 15 is 0 Å². The zero-order valence-electron chi connectivity index (χ0n) is 20.8. The summed E-state index contributed by atoms with van der Waals surface area (Å²) in [4.78, 5) is 44.2. The van der Waals surface area contributed by atoms with Gasteiger partial charge in [-0.05, 0) is 24.6 Å². The van der Waals surface area contributed by atoms with Crippen molar-refractivity contribution in [2.75, 3.05) is 31.6 Å². The van der Waals surface area contributed by atoms with Gasteiger partial charge in [-0.2, -0.15) is 5.10 Å². The number of thiophene rings is 1. The topological polar surface area (TPSA) is 155 Å². The standard InChI is InChI=1S/C26H26N8O4S/c35-24-20-15(3-1-4-16(20)30-26(37)31-19-13-27-9-12-38-19)22-21(24)23(33-32-22)17-5-6-18(39-17)25(36)29-7-2-10-34-11-8-28-14-34/h1,3-6,8,11,14,19,27H,2,7,9-10,12-13H2,(H,29,36)(H,32,33)(H2,30,31,37). The van der Waals surface area contributed by atoms with Gasteiger partial charge < -0.3 is 30.6 Å². The van der Waals surface area contributed by atoms with Crippen LogP contribution in [0.15, 0.2) is 49.1 Å². The molecular weight excluding hydrogens is 520 g/mol. The van der Waals surface area contributed by atoms with Gasteiger partial charge in [-0.25, -0.2) is 9.78 Å². The van der Waals surface area contributed by atoms with Crippen LogP contribution in [0.2, 0.25) is 0 Å². The minimum Gasteiger partial charge on any atom is -0.356 e. The van der Waals surface area contributed by atoms with Crippen molar-refractivity contribution in [2.45, 2.75) is 19.2 Å².